The summed E-state index contributed by atoms with van der Waals surface area (Å²) < 4.78 is 40.9. The van der Waals surface area contributed by atoms with E-state index < -0.39 is 39.6 Å². The minimum atomic E-state index is -4.48. The summed E-state index contributed by atoms with van der Waals surface area (Å²) in [5, 5.41) is 32.0. The molecule has 1 aromatic rings. The molecule has 3 atom stereocenters. The second-order valence-electron chi connectivity index (χ2n) is 8.17. The van der Waals surface area contributed by atoms with Gasteiger partial charge in [-0.2, -0.15) is 4.98 Å². The van der Waals surface area contributed by atoms with Gasteiger partial charge < -0.3 is 30.4 Å². The second-order valence-corrected chi connectivity index (χ2v) is 9.22. The first kappa shape index (κ1) is 38.7. The van der Waals surface area contributed by atoms with Crippen LogP contribution in [0.25, 0.3) is 0 Å². The quantitative estimate of drug-likeness (QED) is 0.0460. The first-order chi connectivity index (χ1) is 17.4. The number of nitrogens with two attached hydrogens (primary N) is 1. The average Bonchev–Trinajstić information content (AvgIpc) is 3.17. The van der Waals surface area contributed by atoms with Gasteiger partial charge in [0, 0.05) is 6.42 Å². The van der Waals surface area contributed by atoms with Crippen LogP contribution >= 0.6 is 0 Å². The zero-order valence-corrected chi connectivity index (χ0v) is 24.7. The van der Waals surface area contributed by atoms with E-state index in [-0.39, 0.29) is 55.1 Å². The van der Waals surface area contributed by atoms with Gasteiger partial charge in [0.1, 0.15) is 18.7 Å². The Morgan fingerprint density at radius 2 is 1.68 bits per heavy atom. The fourth-order valence-electron chi connectivity index (χ4n) is 3.35. The summed E-state index contributed by atoms with van der Waals surface area (Å²) in [5.74, 6) is -0.112. The smallest absolute Gasteiger partial charge is 0.726 e. The molecule has 0 spiro atoms. The molecular formula is C20H38N5NaO11S. The van der Waals surface area contributed by atoms with Crippen LogP contribution in [0.1, 0.15) is 83.8 Å². The Kier molecular flexibility index (Phi) is 22.8. The number of nitrogen functional groups attached to an aromatic ring is 1. The van der Waals surface area contributed by atoms with Crippen LogP contribution in [0.3, 0.4) is 0 Å². The van der Waals surface area contributed by atoms with Crippen LogP contribution in [0.4, 0.5) is 5.95 Å². The van der Waals surface area contributed by atoms with Crippen LogP contribution in [0.2, 0.25) is 0 Å². The molecule has 18 heteroatoms. The molecule has 2 heterocycles. The fourth-order valence-corrected chi connectivity index (χ4v) is 3.68. The van der Waals surface area contributed by atoms with Gasteiger partial charge in [-0.3, -0.25) is 8.75 Å². The monoisotopic (exact) mass is 579 g/mol. The molecular weight excluding hydrogens is 541 g/mol. The SMILES string of the molecule is CCCCCCCCCCCCOS(=O)(=O)[O-].Nc1ncn([C@H]2C[C@H](O)[C@@H](CO)O2)c(=O)n1.O=[N+]([O-])O.[Na+]. The number of unbranched alkanes of at least 4 members (excludes halogenated alkanes) is 9. The molecule has 0 radical (unpaired) electrons. The van der Waals surface area contributed by atoms with Crippen LogP contribution in [0.5, 0.6) is 0 Å². The molecule has 16 nitrogen and oxygen atoms in total. The zero-order chi connectivity index (χ0) is 28.3. The number of aliphatic hydroxyl groups is 2. The van der Waals surface area contributed by atoms with Crippen molar-refractivity contribution < 1.29 is 72.0 Å². The molecule has 0 aliphatic carbocycles. The maximum absolute atomic E-state index is 11.4. The summed E-state index contributed by atoms with van der Waals surface area (Å²) in [6.45, 7) is 1.94. The average molecular weight is 580 g/mol. The van der Waals surface area contributed by atoms with Crippen LogP contribution in [-0.4, -0.2) is 73.4 Å². The Hall–Kier alpha value is -1.44. The minimum absolute atomic E-state index is 0. The summed E-state index contributed by atoms with van der Waals surface area (Å²) in [4.78, 5) is 26.9. The molecule has 5 N–H and O–H groups in total. The van der Waals surface area contributed by atoms with Crippen molar-refractivity contribution in [1.82, 2.24) is 14.5 Å². The normalized spacial score (nSPS) is 18.4. The van der Waals surface area contributed by atoms with Gasteiger partial charge in [0.05, 0.1) is 19.3 Å². The molecule has 0 unspecified atom stereocenters. The number of hydrogen-bond donors (Lipinski definition) is 4. The van der Waals surface area contributed by atoms with Crippen molar-refractivity contribution in [1.29, 1.82) is 0 Å². The predicted molar refractivity (Wildman–Crippen MR) is 129 cm³/mol. The Labute approximate surface area is 243 Å². The number of aromatic nitrogens is 3. The van der Waals surface area contributed by atoms with E-state index in [1.165, 1.54) is 51.3 Å². The summed E-state index contributed by atoms with van der Waals surface area (Å²) in [5.41, 5.74) is 4.65. The topological polar surface area (TPSA) is 253 Å². The van der Waals surface area contributed by atoms with E-state index >= 15 is 0 Å². The molecule has 1 aliphatic rings. The minimum Gasteiger partial charge on any atom is -0.726 e. The third kappa shape index (κ3) is 20.5. The number of nitrogens with zero attached hydrogens (tertiary/aromatic N) is 4. The Morgan fingerprint density at radius 1 is 1.18 bits per heavy atom. The standard InChI is InChI=1S/C12H26O4S.C8H12N4O4.HNO3.Na/c1-2-3-4-5-6-7-8-9-10-11-12-16-17(13,14)15;9-7-10-3-12(8(15)11-7)6-1-4(14)5(2-13)16-6;2-1(3)4;/h2-12H2,1H3,(H,13,14,15);3-6,13-14H,1-2H2,(H2,9,11,15);(H,2,3,4);/q;;;+1/p-1/t;4-,5+,6+;;/m.0../s1. The van der Waals surface area contributed by atoms with Crippen molar-refractivity contribution in [2.75, 3.05) is 18.9 Å². The van der Waals surface area contributed by atoms with E-state index in [0.29, 0.717) is 6.42 Å². The summed E-state index contributed by atoms with van der Waals surface area (Å²) in [6.07, 6.45) is 11.0. The molecule has 0 bridgehead atoms. The van der Waals surface area contributed by atoms with Gasteiger partial charge >= 0.3 is 35.2 Å². The first-order valence-electron chi connectivity index (χ1n) is 12.0. The molecule has 1 saturated heterocycles. The number of aliphatic hydroxyl groups excluding tert-OH is 2. The number of hydrogen-bond acceptors (Lipinski definition) is 13. The van der Waals surface area contributed by atoms with Gasteiger partial charge in [0.2, 0.25) is 16.3 Å². The summed E-state index contributed by atoms with van der Waals surface area (Å²) in [7, 11) is -4.48. The molecule has 1 fully saturated rings. The Bertz CT molecular complexity index is 919. The third-order valence-corrected chi connectivity index (χ3v) is 5.62. The van der Waals surface area contributed by atoms with Crippen molar-refractivity contribution in [3.63, 3.8) is 0 Å². The molecule has 2 rings (SSSR count). The number of ether oxygens (including phenoxy) is 1. The van der Waals surface area contributed by atoms with Crippen LogP contribution in [0.15, 0.2) is 11.1 Å². The van der Waals surface area contributed by atoms with Crippen molar-refractivity contribution >= 4 is 16.3 Å². The maximum Gasteiger partial charge on any atom is 1.00 e. The zero-order valence-electron chi connectivity index (χ0n) is 21.9. The first-order valence-corrected chi connectivity index (χ1v) is 13.3. The van der Waals surface area contributed by atoms with Gasteiger partial charge in [0.15, 0.2) is 0 Å². The molecule has 1 aromatic heterocycles. The molecule has 0 amide bonds. The van der Waals surface area contributed by atoms with Crippen molar-refractivity contribution in [2.45, 2.75) is 96.0 Å². The van der Waals surface area contributed by atoms with E-state index in [1.54, 1.807) is 0 Å². The van der Waals surface area contributed by atoms with E-state index in [2.05, 4.69) is 21.1 Å². The number of rotatable bonds is 14. The fraction of sp³-hybridized carbons (Fsp3) is 0.850. The molecule has 0 saturated carbocycles. The van der Waals surface area contributed by atoms with E-state index in [0.717, 1.165) is 17.4 Å². The summed E-state index contributed by atoms with van der Waals surface area (Å²) >= 11 is 0. The van der Waals surface area contributed by atoms with Crippen LogP contribution in [0, 0.1) is 10.1 Å². The van der Waals surface area contributed by atoms with Crippen molar-refractivity contribution in [3.05, 3.63) is 26.9 Å². The van der Waals surface area contributed by atoms with Gasteiger partial charge in [-0.05, 0) is 6.42 Å². The van der Waals surface area contributed by atoms with Gasteiger partial charge in [-0.25, -0.2) is 18.2 Å². The van der Waals surface area contributed by atoms with E-state index in [4.69, 9.17) is 30.9 Å². The molecule has 216 valence electrons. The summed E-state index contributed by atoms with van der Waals surface area (Å²) in [6, 6.07) is 0. The predicted octanol–water partition coefficient (Wildman–Crippen LogP) is -2.10. The maximum atomic E-state index is 11.4. The number of anilines is 1. The van der Waals surface area contributed by atoms with E-state index in [1.807, 2.05) is 0 Å². The van der Waals surface area contributed by atoms with E-state index in [9.17, 15) is 22.9 Å². The molecule has 0 aromatic carbocycles. The van der Waals surface area contributed by atoms with Crippen molar-refractivity contribution in [2.24, 2.45) is 0 Å². The van der Waals surface area contributed by atoms with Crippen LogP contribution < -0.4 is 41.0 Å². The van der Waals surface area contributed by atoms with Gasteiger partial charge in [-0.15, -0.1) is 10.1 Å². The molecule has 1 aliphatic heterocycles. The van der Waals surface area contributed by atoms with Crippen molar-refractivity contribution in [3.8, 4) is 0 Å². The third-order valence-electron chi connectivity index (χ3n) is 5.17. The largest absolute Gasteiger partial charge is 1.00 e. The van der Waals surface area contributed by atoms with Gasteiger partial charge in [0.25, 0.3) is 5.09 Å². The Balaban J connectivity index is 0. The second kappa shape index (κ2) is 22.4. The molecule has 38 heavy (non-hydrogen) atoms. The van der Waals surface area contributed by atoms with Gasteiger partial charge in [-0.1, -0.05) is 64.7 Å². The van der Waals surface area contributed by atoms with Crippen LogP contribution in [-0.2, 0) is 19.3 Å². The Morgan fingerprint density at radius 3 is 2.11 bits per heavy atom.